The SMILES string of the molecule is N/C(=C\N(N)CC=O)CNSc1cccs1. The zero-order chi connectivity index (χ0) is 11.8. The lowest BCUT2D eigenvalue weighted by atomic mass is 10.5. The number of thiophene rings is 1. The number of hydrogen-bond acceptors (Lipinski definition) is 7. The van der Waals surface area contributed by atoms with Gasteiger partial charge in [-0.05, 0) is 23.4 Å². The molecule has 1 aromatic rings. The summed E-state index contributed by atoms with van der Waals surface area (Å²) in [5.41, 5.74) is 6.27. The zero-order valence-corrected chi connectivity index (χ0v) is 10.3. The Balaban J connectivity index is 2.24. The zero-order valence-electron chi connectivity index (χ0n) is 8.63. The fourth-order valence-corrected chi connectivity index (χ4v) is 2.42. The average molecular weight is 258 g/mol. The van der Waals surface area contributed by atoms with Gasteiger partial charge in [0, 0.05) is 18.4 Å². The van der Waals surface area contributed by atoms with Crippen LogP contribution in [0.25, 0.3) is 0 Å². The first-order valence-electron chi connectivity index (χ1n) is 4.56. The Labute approximate surface area is 103 Å². The summed E-state index contributed by atoms with van der Waals surface area (Å²) in [6.45, 7) is 0.647. The summed E-state index contributed by atoms with van der Waals surface area (Å²) in [6.07, 6.45) is 2.26. The van der Waals surface area contributed by atoms with Gasteiger partial charge >= 0.3 is 0 Å². The second-order valence-electron chi connectivity index (χ2n) is 2.92. The maximum Gasteiger partial charge on any atom is 0.140 e. The van der Waals surface area contributed by atoms with Gasteiger partial charge in [-0.2, -0.15) is 0 Å². The summed E-state index contributed by atoms with van der Waals surface area (Å²) in [5, 5.41) is 3.26. The highest BCUT2D eigenvalue weighted by Gasteiger charge is 1.97. The van der Waals surface area contributed by atoms with E-state index >= 15 is 0 Å². The molecule has 0 bridgehead atoms. The molecule has 16 heavy (non-hydrogen) atoms. The summed E-state index contributed by atoms with van der Waals surface area (Å²) in [5.74, 6) is 5.46. The molecule has 0 aliphatic heterocycles. The third-order valence-corrected chi connectivity index (χ3v) is 3.39. The van der Waals surface area contributed by atoms with E-state index < -0.39 is 0 Å². The number of carbonyl (C=O) groups is 1. The molecule has 5 N–H and O–H groups in total. The van der Waals surface area contributed by atoms with Crippen LogP contribution < -0.4 is 16.3 Å². The van der Waals surface area contributed by atoms with Crippen molar-refractivity contribution in [3.8, 4) is 0 Å². The van der Waals surface area contributed by atoms with Gasteiger partial charge in [-0.25, -0.2) is 5.84 Å². The minimum absolute atomic E-state index is 0.138. The van der Waals surface area contributed by atoms with Crippen LogP contribution >= 0.6 is 23.3 Å². The van der Waals surface area contributed by atoms with Crippen LogP contribution in [0.5, 0.6) is 0 Å². The minimum Gasteiger partial charge on any atom is -0.400 e. The maximum absolute atomic E-state index is 10.2. The number of aldehydes is 1. The van der Waals surface area contributed by atoms with Gasteiger partial charge in [0.15, 0.2) is 0 Å². The van der Waals surface area contributed by atoms with Gasteiger partial charge < -0.3 is 15.5 Å². The van der Waals surface area contributed by atoms with Crippen LogP contribution in [0.15, 0.2) is 33.6 Å². The predicted octanol–water partition coefficient (Wildman–Crippen LogP) is 0.520. The van der Waals surface area contributed by atoms with E-state index in [-0.39, 0.29) is 6.54 Å². The first-order chi connectivity index (χ1) is 7.72. The van der Waals surface area contributed by atoms with Gasteiger partial charge in [0.05, 0.1) is 10.8 Å². The molecule has 0 aliphatic rings. The van der Waals surface area contributed by atoms with Crippen LogP contribution in [-0.2, 0) is 4.79 Å². The van der Waals surface area contributed by atoms with E-state index in [0.717, 1.165) is 6.29 Å². The number of rotatable bonds is 7. The van der Waals surface area contributed by atoms with Gasteiger partial charge in [0.1, 0.15) is 6.29 Å². The number of nitrogens with zero attached hydrogens (tertiary/aromatic N) is 1. The smallest absolute Gasteiger partial charge is 0.140 e. The molecule has 0 atom stereocenters. The Kier molecular flexibility index (Phi) is 5.94. The lowest BCUT2D eigenvalue weighted by Crippen LogP contribution is -2.29. The molecule has 0 radical (unpaired) electrons. The number of hydrogen-bond donors (Lipinski definition) is 3. The Morgan fingerprint density at radius 3 is 3.12 bits per heavy atom. The first kappa shape index (κ1) is 13.0. The van der Waals surface area contributed by atoms with E-state index in [0.29, 0.717) is 12.2 Å². The van der Waals surface area contributed by atoms with Crippen LogP contribution in [0.2, 0.25) is 0 Å². The summed E-state index contributed by atoms with van der Waals surface area (Å²) < 4.78 is 4.27. The van der Waals surface area contributed by atoms with Crippen molar-refractivity contribution in [2.24, 2.45) is 11.6 Å². The van der Waals surface area contributed by atoms with Gasteiger partial charge in [0.2, 0.25) is 0 Å². The van der Waals surface area contributed by atoms with Crippen molar-refractivity contribution in [2.45, 2.75) is 4.21 Å². The molecule has 0 saturated carbocycles. The molecule has 0 unspecified atom stereocenters. The molecule has 0 saturated heterocycles. The highest BCUT2D eigenvalue weighted by atomic mass is 32.2. The average Bonchev–Trinajstić information content (AvgIpc) is 2.70. The second kappa shape index (κ2) is 7.29. The van der Waals surface area contributed by atoms with Crippen molar-refractivity contribution >= 4 is 29.6 Å². The van der Waals surface area contributed by atoms with Crippen LogP contribution in [0.1, 0.15) is 0 Å². The highest BCUT2D eigenvalue weighted by Crippen LogP contribution is 2.19. The topological polar surface area (TPSA) is 84.4 Å². The van der Waals surface area contributed by atoms with Gasteiger partial charge in [-0.1, -0.05) is 6.07 Å². The standard InChI is InChI=1S/C9H14N4OS2/c10-8(7-13(11)3-4-14)6-12-16-9-2-1-5-15-9/h1-2,4-5,7,12H,3,6,10-11H2/b8-7-. The number of carbonyl (C=O) groups excluding carboxylic acids is 1. The van der Waals surface area contributed by atoms with Crippen LogP contribution in [0.4, 0.5) is 0 Å². The summed E-state index contributed by atoms with van der Waals surface area (Å²) in [4.78, 5) is 10.2. The van der Waals surface area contributed by atoms with Crippen LogP contribution in [0, 0.1) is 0 Å². The second-order valence-corrected chi connectivity index (χ2v) is 5.06. The monoisotopic (exact) mass is 258 g/mol. The number of nitrogens with two attached hydrogens (primary N) is 2. The van der Waals surface area contributed by atoms with E-state index in [1.54, 1.807) is 11.3 Å². The van der Waals surface area contributed by atoms with E-state index in [1.165, 1.54) is 27.4 Å². The van der Waals surface area contributed by atoms with Gasteiger partial charge in [-0.15, -0.1) is 11.3 Å². The molecule has 0 aliphatic carbocycles. The highest BCUT2D eigenvalue weighted by molar-refractivity contribution is 7.99. The predicted molar refractivity (Wildman–Crippen MR) is 67.4 cm³/mol. The van der Waals surface area contributed by atoms with Crippen LogP contribution in [-0.4, -0.2) is 24.4 Å². The Bertz CT molecular complexity index is 339. The molecule has 7 heteroatoms. The molecule has 1 heterocycles. The molecule has 1 rings (SSSR count). The lowest BCUT2D eigenvalue weighted by Gasteiger charge is -2.11. The fourth-order valence-electron chi connectivity index (χ4n) is 0.910. The largest absolute Gasteiger partial charge is 0.400 e. The quantitative estimate of drug-likeness (QED) is 0.286. The van der Waals surface area contributed by atoms with Crippen molar-refractivity contribution in [1.29, 1.82) is 0 Å². The Morgan fingerprint density at radius 2 is 2.50 bits per heavy atom. The number of nitrogens with one attached hydrogen (secondary N) is 1. The first-order valence-corrected chi connectivity index (χ1v) is 6.26. The van der Waals surface area contributed by atoms with E-state index in [2.05, 4.69) is 4.72 Å². The third kappa shape index (κ3) is 5.17. The molecule has 5 nitrogen and oxygen atoms in total. The lowest BCUT2D eigenvalue weighted by molar-refractivity contribution is -0.108. The van der Waals surface area contributed by atoms with E-state index in [1.807, 2.05) is 17.5 Å². The van der Waals surface area contributed by atoms with Crippen molar-refractivity contribution in [3.63, 3.8) is 0 Å². The molecule has 88 valence electrons. The van der Waals surface area contributed by atoms with Crippen molar-refractivity contribution < 1.29 is 4.79 Å². The van der Waals surface area contributed by atoms with Crippen molar-refractivity contribution in [2.75, 3.05) is 13.1 Å². The molecule has 0 fully saturated rings. The summed E-state index contributed by atoms with van der Waals surface area (Å²) >= 11 is 3.17. The fraction of sp³-hybridized carbons (Fsp3) is 0.222. The molecule has 1 aromatic heterocycles. The van der Waals surface area contributed by atoms with E-state index in [4.69, 9.17) is 11.6 Å². The Hall–Kier alpha value is -1.02. The normalized spacial score (nSPS) is 11.4. The molecular weight excluding hydrogens is 244 g/mol. The van der Waals surface area contributed by atoms with Gasteiger partial charge in [0.25, 0.3) is 0 Å². The molecule has 0 aromatic carbocycles. The minimum atomic E-state index is 0.138. The molecular formula is C9H14N4OS2. The molecule has 0 amide bonds. The third-order valence-electron chi connectivity index (χ3n) is 1.56. The van der Waals surface area contributed by atoms with Gasteiger partial charge in [-0.3, -0.25) is 4.72 Å². The maximum atomic E-state index is 10.2. The van der Waals surface area contributed by atoms with E-state index in [9.17, 15) is 4.79 Å². The number of hydrazine groups is 1. The summed E-state index contributed by atoms with van der Waals surface area (Å²) in [6, 6.07) is 4.00. The van der Waals surface area contributed by atoms with Crippen LogP contribution in [0.3, 0.4) is 0 Å². The molecule has 0 spiro atoms. The van der Waals surface area contributed by atoms with Crippen molar-refractivity contribution in [1.82, 2.24) is 9.73 Å². The summed E-state index contributed by atoms with van der Waals surface area (Å²) in [7, 11) is 0. The van der Waals surface area contributed by atoms with Crippen molar-refractivity contribution in [3.05, 3.63) is 29.4 Å². The Morgan fingerprint density at radius 1 is 1.69 bits per heavy atom.